The first kappa shape index (κ1) is 17.3. The van der Waals surface area contributed by atoms with Crippen molar-refractivity contribution in [3.63, 3.8) is 0 Å². The number of likely N-dealkylation sites (tertiary alicyclic amines) is 1. The molecule has 4 rings (SSSR count). The summed E-state index contributed by atoms with van der Waals surface area (Å²) in [6, 6.07) is 14.3. The van der Waals surface area contributed by atoms with Gasteiger partial charge in [-0.2, -0.15) is 0 Å². The van der Waals surface area contributed by atoms with Crippen LogP contribution < -0.4 is 10.4 Å². The second-order valence-corrected chi connectivity index (χ2v) is 7.79. The highest BCUT2D eigenvalue weighted by Crippen LogP contribution is 2.25. The van der Waals surface area contributed by atoms with Crippen molar-refractivity contribution in [3.05, 3.63) is 65.0 Å². The highest BCUT2D eigenvalue weighted by molar-refractivity contribution is 7.12. The maximum atomic E-state index is 13.2. The van der Waals surface area contributed by atoms with Crippen molar-refractivity contribution in [1.29, 1.82) is 0 Å². The van der Waals surface area contributed by atoms with Crippen LogP contribution in [0.25, 0.3) is 0 Å². The maximum Gasteiger partial charge on any atom is 0.265 e. The molecule has 0 aliphatic carbocycles. The number of hydrogen-bond donors (Lipinski definition) is 1. The topological polar surface area (TPSA) is 38.8 Å². The van der Waals surface area contributed by atoms with E-state index in [1.54, 1.807) is 0 Å². The lowest BCUT2D eigenvalue weighted by Gasteiger charge is -2.40. The molecule has 0 radical (unpaired) electrons. The van der Waals surface area contributed by atoms with Crippen LogP contribution in [0.2, 0.25) is 0 Å². The number of piperidine rings is 1. The number of nitrogens with one attached hydrogen (secondary N) is 1. The summed E-state index contributed by atoms with van der Waals surface area (Å²) in [7, 11) is 2.15. The minimum atomic E-state index is -0.127. The Labute approximate surface area is 158 Å². The van der Waals surface area contributed by atoms with Crippen LogP contribution >= 0.6 is 11.3 Å². The number of benzene rings is 1. The fraction of sp³-hybridized carbons (Fsp3) is 0.350. The Bertz CT molecular complexity index is 753. The van der Waals surface area contributed by atoms with E-state index in [0.717, 1.165) is 36.5 Å². The number of amides is 1. The molecule has 1 saturated heterocycles. The largest absolute Gasteiger partial charge is 0.314 e. The van der Waals surface area contributed by atoms with E-state index < -0.39 is 0 Å². The Kier molecular flexibility index (Phi) is 5.06. The second kappa shape index (κ2) is 7.61. The Morgan fingerprint density at radius 2 is 1.92 bits per heavy atom. The van der Waals surface area contributed by atoms with Crippen molar-refractivity contribution in [2.45, 2.75) is 25.0 Å². The fourth-order valence-corrected chi connectivity index (χ4v) is 4.29. The third-order valence-electron chi connectivity index (χ3n) is 5.07. The van der Waals surface area contributed by atoms with E-state index in [9.17, 15) is 4.79 Å². The van der Waals surface area contributed by atoms with Gasteiger partial charge < -0.3 is 9.80 Å². The average Bonchev–Trinajstić information content (AvgIpc) is 3.36. The average molecular weight is 369 g/mol. The first-order valence-corrected chi connectivity index (χ1v) is 9.94. The third kappa shape index (κ3) is 3.53. The smallest absolute Gasteiger partial charge is 0.265 e. The minimum absolute atomic E-state index is 0.117. The molecule has 2 aliphatic heterocycles. The molecule has 1 N–H and O–H groups in total. The number of thiophene rings is 1. The summed E-state index contributed by atoms with van der Waals surface area (Å²) in [6.07, 6.45) is 5.98. The van der Waals surface area contributed by atoms with Gasteiger partial charge in [0.25, 0.3) is 5.91 Å². The van der Waals surface area contributed by atoms with E-state index in [1.807, 2.05) is 51.8 Å². The van der Waals surface area contributed by atoms with Crippen LogP contribution in [0, 0.1) is 0 Å². The van der Waals surface area contributed by atoms with Gasteiger partial charge in [0.2, 0.25) is 0 Å². The molecule has 1 fully saturated rings. The molecule has 5 nitrogen and oxygen atoms in total. The normalized spacial score (nSPS) is 21.3. The number of carbonyl (C=O) groups excluding carboxylic acids is 1. The molecule has 3 heterocycles. The number of carbonyl (C=O) groups is 1. The van der Waals surface area contributed by atoms with Crippen molar-refractivity contribution >= 4 is 22.9 Å². The number of hydrazine groups is 1. The molecule has 0 spiro atoms. The molecule has 2 aromatic rings. The number of para-hydroxylation sites is 1. The second-order valence-electron chi connectivity index (χ2n) is 6.85. The standard InChI is InChI=1S/C20H24N4OS/c1-22-12-9-17(10-13-22)24(20(25)18-8-5-15-26-18)19-11-14-23(21-19)16-6-3-2-4-7-16/h2-8,11,14-15,17,19,21H,9-10,12-13H2,1H3. The van der Waals surface area contributed by atoms with Crippen molar-refractivity contribution in [2.75, 3.05) is 25.1 Å². The van der Waals surface area contributed by atoms with Crippen molar-refractivity contribution in [1.82, 2.24) is 15.2 Å². The Balaban J connectivity index is 1.55. The van der Waals surface area contributed by atoms with E-state index in [1.165, 1.54) is 11.3 Å². The first-order valence-electron chi connectivity index (χ1n) is 9.06. The van der Waals surface area contributed by atoms with Gasteiger partial charge in [0.1, 0.15) is 6.17 Å². The van der Waals surface area contributed by atoms with Crippen LogP contribution in [0.3, 0.4) is 0 Å². The zero-order chi connectivity index (χ0) is 17.9. The van der Waals surface area contributed by atoms with Gasteiger partial charge in [0.15, 0.2) is 0 Å². The van der Waals surface area contributed by atoms with Crippen LogP contribution in [0.4, 0.5) is 5.69 Å². The maximum absolute atomic E-state index is 13.2. The monoisotopic (exact) mass is 368 g/mol. The third-order valence-corrected chi connectivity index (χ3v) is 5.93. The Morgan fingerprint density at radius 3 is 2.62 bits per heavy atom. The van der Waals surface area contributed by atoms with E-state index >= 15 is 0 Å². The number of rotatable bonds is 4. The molecule has 26 heavy (non-hydrogen) atoms. The highest BCUT2D eigenvalue weighted by atomic mass is 32.1. The number of hydrogen-bond acceptors (Lipinski definition) is 5. The molecule has 0 bridgehead atoms. The van der Waals surface area contributed by atoms with Crippen molar-refractivity contribution in [2.24, 2.45) is 0 Å². The molecule has 1 atom stereocenters. The zero-order valence-corrected chi connectivity index (χ0v) is 15.7. The molecule has 6 heteroatoms. The number of anilines is 1. The summed E-state index contributed by atoms with van der Waals surface area (Å²) in [5.41, 5.74) is 4.54. The lowest BCUT2D eigenvalue weighted by atomic mass is 10.0. The molecule has 1 aromatic carbocycles. The molecule has 136 valence electrons. The SMILES string of the molecule is CN1CCC(N(C(=O)c2cccs2)C2C=CN(c3ccccc3)N2)CC1. The van der Waals surface area contributed by atoms with E-state index in [0.29, 0.717) is 0 Å². The van der Waals surface area contributed by atoms with Crippen molar-refractivity contribution in [3.8, 4) is 0 Å². The molecule has 1 unspecified atom stereocenters. The summed E-state index contributed by atoms with van der Waals surface area (Å²) in [6.45, 7) is 2.05. The molecule has 0 saturated carbocycles. The van der Waals surface area contributed by atoms with E-state index in [2.05, 4.69) is 35.6 Å². The predicted octanol–water partition coefficient (Wildman–Crippen LogP) is 3.15. The van der Waals surface area contributed by atoms with Crippen LogP contribution in [0.5, 0.6) is 0 Å². The fourth-order valence-electron chi connectivity index (χ4n) is 3.62. The van der Waals surface area contributed by atoms with Crippen LogP contribution in [0.15, 0.2) is 60.1 Å². The minimum Gasteiger partial charge on any atom is -0.314 e. The van der Waals surface area contributed by atoms with Crippen molar-refractivity contribution < 1.29 is 4.79 Å². The quantitative estimate of drug-likeness (QED) is 0.900. The summed E-state index contributed by atoms with van der Waals surface area (Å²) in [4.78, 5) is 18.4. The zero-order valence-electron chi connectivity index (χ0n) is 14.9. The van der Waals surface area contributed by atoms with Gasteiger partial charge in [-0.25, -0.2) is 5.43 Å². The first-order chi connectivity index (χ1) is 12.7. The van der Waals surface area contributed by atoms with Crippen LogP contribution in [0.1, 0.15) is 22.5 Å². The van der Waals surface area contributed by atoms with Gasteiger partial charge in [-0.3, -0.25) is 9.80 Å². The van der Waals surface area contributed by atoms with Crippen LogP contribution in [-0.2, 0) is 0 Å². The Morgan fingerprint density at radius 1 is 1.15 bits per heavy atom. The van der Waals surface area contributed by atoms with Gasteiger partial charge in [-0.05, 0) is 62.6 Å². The van der Waals surface area contributed by atoms with Gasteiger partial charge in [0, 0.05) is 12.2 Å². The number of nitrogens with zero attached hydrogens (tertiary/aromatic N) is 3. The summed E-state index contributed by atoms with van der Waals surface area (Å²) >= 11 is 1.51. The lowest BCUT2D eigenvalue weighted by molar-refractivity contribution is 0.0492. The summed E-state index contributed by atoms with van der Waals surface area (Å²) in [5, 5.41) is 3.96. The predicted molar refractivity (Wildman–Crippen MR) is 106 cm³/mol. The highest BCUT2D eigenvalue weighted by Gasteiger charge is 2.35. The molecule has 1 amide bonds. The van der Waals surface area contributed by atoms with Gasteiger partial charge >= 0.3 is 0 Å². The molecule has 1 aromatic heterocycles. The van der Waals surface area contributed by atoms with Crippen LogP contribution in [-0.4, -0.2) is 48.1 Å². The Hall–Kier alpha value is -2.15. The molecular formula is C20H24N4OS. The lowest BCUT2D eigenvalue weighted by Crippen LogP contribution is -2.56. The summed E-state index contributed by atoms with van der Waals surface area (Å²) < 4.78 is 0. The van der Waals surface area contributed by atoms with E-state index in [-0.39, 0.29) is 18.1 Å². The van der Waals surface area contributed by atoms with E-state index in [4.69, 9.17) is 0 Å². The van der Waals surface area contributed by atoms with Gasteiger partial charge in [-0.15, -0.1) is 11.3 Å². The summed E-state index contributed by atoms with van der Waals surface area (Å²) in [5.74, 6) is 0.117. The molecular weight excluding hydrogens is 344 g/mol. The van der Waals surface area contributed by atoms with Gasteiger partial charge in [-0.1, -0.05) is 24.3 Å². The molecule has 2 aliphatic rings. The van der Waals surface area contributed by atoms with Gasteiger partial charge in [0.05, 0.1) is 10.6 Å².